The Labute approximate surface area is 194 Å². The molecule has 3 aromatic carbocycles. The Hall–Kier alpha value is -2.67. The van der Waals surface area contributed by atoms with Crippen molar-refractivity contribution < 1.29 is 9.47 Å². The molecule has 4 rings (SSSR count). The van der Waals surface area contributed by atoms with Gasteiger partial charge < -0.3 is 9.47 Å². The second-order valence-corrected chi connectivity index (χ2v) is 8.29. The number of nitrogens with zero attached hydrogens (tertiary/aromatic N) is 3. The predicted octanol–water partition coefficient (Wildman–Crippen LogP) is 6.55. The summed E-state index contributed by atoms with van der Waals surface area (Å²) in [5, 5.41) is 10.9. The molecule has 0 atom stereocenters. The lowest BCUT2D eigenvalue weighted by molar-refractivity contribution is 0.355. The van der Waals surface area contributed by atoms with Gasteiger partial charge in [0.25, 0.3) is 0 Å². The van der Waals surface area contributed by atoms with E-state index < -0.39 is 0 Å². The Morgan fingerprint density at radius 2 is 1.55 bits per heavy atom. The molecule has 5 nitrogen and oxygen atoms in total. The van der Waals surface area contributed by atoms with Gasteiger partial charge in [-0.3, -0.25) is 4.57 Å². The first-order valence-corrected chi connectivity index (χ1v) is 11.2. The summed E-state index contributed by atoms with van der Waals surface area (Å²) in [6, 6.07) is 21.1. The SMILES string of the molecule is COc1ccc(-c2nnc(SCc3c(Cl)cccc3Cl)n2-c2ccccc2)cc1OC. The fourth-order valence-corrected chi connectivity index (χ4v) is 4.84. The van der Waals surface area contributed by atoms with Crippen molar-refractivity contribution in [1.29, 1.82) is 0 Å². The first-order valence-electron chi connectivity index (χ1n) is 9.41. The van der Waals surface area contributed by atoms with Crippen LogP contribution in [-0.2, 0) is 5.75 Å². The smallest absolute Gasteiger partial charge is 0.196 e. The van der Waals surface area contributed by atoms with Gasteiger partial charge in [-0.05, 0) is 48.0 Å². The molecule has 0 spiro atoms. The standard InChI is InChI=1S/C23H19Cl2N3O2S/c1-29-20-12-11-15(13-21(20)30-2)22-26-27-23(28(22)16-7-4-3-5-8-16)31-14-17-18(24)9-6-10-19(17)25/h3-13H,14H2,1-2H3. The summed E-state index contributed by atoms with van der Waals surface area (Å²) in [5.74, 6) is 2.54. The van der Waals surface area contributed by atoms with Gasteiger partial charge in [-0.2, -0.15) is 0 Å². The fourth-order valence-electron chi connectivity index (χ4n) is 3.14. The van der Waals surface area contributed by atoms with Gasteiger partial charge in [0.2, 0.25) is 0 Å². The van der Waals surface area contributed by atoms with Gasteiger partial charge in [0.05, 0.1) is 14.2 Å². The molecule has 0 aliphatic carbocycles. The van der Waals surface area contributed by atoms with Gasteiger partial charge in [-0.1, -0.05) is 59.2 Å². The van der Waals surface area contributed by atoms with E-state index in [-0.39, 0.29) is 0 Å². The molecule has 1 heterocycles. The fraction of sp³-hybridized carbons (Fsp3) is 0.130. The van der Waals surface area contributed by atoms with Crippen molar-refractivity contribution in [2.75, 3.05) is 14.2 Å². The molecular formula is C23H19Cl2N3O2S. The first kappa shape index (κ1) is 21.6. The first-order chi connectivity index (χ1) is 15.1. The van der Waals surface area contributed by atoms with Crippen molar-refractivity contribution in [3.63, 3.8) is 0 Å². The largest absolute Gasteiger partial charge is 0.493 e. The monoisotopic (exact) mass is 471 g/mol. The third-order valence-corrected chi connectivity index (χ3v) is 6.36. The molecule has 0 fully saturated rings. The van der Waals surface area contributed by atoms with Crippen LogP contribution in [0.4, 0.5) is 0 Å². The molecule has 0 bridgehead atoms. The van der Waals surface area contributed by atoms with Gasteiger partial charge in [-0.25, -0.2) is 0 Å². The van der Waals surface area contributed by atoms with Crippen LogP contribution in [0.15, 0.2) is 71.9 Å². The van der Waals surface area contributed by atoms with Crippen LogP contribution in [-0.4, -0.2) is 29.0 Å². The molecule has 0 N–H and O–H groups in total. The van der Waals surface area contributed by atoms with Crippen LogP contribution in [0.2, 0.25) is 10.0 Å². The van der Waals surface area contributed by atoms with Gasteiger partial charge in [0.1, 0.15) is 0 Å². The van der Waals surface area contributed by atoms with E-state index in [0.717, 1.165) is 22.0 Å². The van der Waals surface area contributed by atoms with Crippen LogP contribution in [0.5, 0.6) is 11.5 Å². The number of hydrogen-bond acceptors (Lipinski definition) is 5. The van der Waals surface area contributed by atoms with Crippen molar-refractivity contribution in [1.82, 2.24) is 14.8 Å². The van der Waals surface area contributed by atoms with Crippen LogP contribution >= 0.6 is 35.0 Å². The molecule has 0 unspecified atom stereocenters. The lowest BCUT2D eigenvalue weighted by Crippen LogP contribution is -2.00. The highest BCUT2D eigenvalue weighted by Crippen LogP contribution is 2.36. The summed E-state index contributed by atoms with van der Waals surface area (Å²) in [5.41, 5.74) is 2.67. The number of benzene rings is 3. The van der Waals surface area contributed by atoms with Gasteiger partial charge in [0, 0.05) is 27.0 Å². The highest BCUT2D eigenvalue weighted by Gasteiger charge is 2.18. The highest BCUT2D eigenvalue weighted by atomic mass is 35.5. The molecule has 8 heteroatoms. The maximum atomic E-state index is 6.35. The lowest BCUT2D eigenvalue weighted by atomic mass is 10.2. The summed E-state index contributed by atoms with van der Waals surface area (Å²) < 4.78 is 12.8. The minimum atomic E-state index is 0.565. The zero-order valence-electron chi connectivity index (χ0n) is 16.9. The highest BCUT2D eigenvalue weighted by molar-refractivity contribution is 7.98. The number of rotatable bonds is 7. The molecular weight excluding hydrogens is 453 g/mol. The Balaban J connectivity index is 1.77. The molecule has 31 heavy (non-hydrogen) atoms. The molecule has 0 radical (unpaired) electrons. The van der Waals surface area contributed by atoms with E-state index in [1.54, 1.807) is 14.2 Å². The molecule has 0 aliphatic heterocycles. The third-order valence-electron chi connectivity index (χ3n) is 4.70. The zero-order valence-corrected chi connectivity index (χ0v) is 19.2. The van der Waals surface area contributed by atoms with E-state index in [1.807, 2.05) is 71.3 Å². The zero-order chi connectivity index (χ0) is 21.8. The van der Waals surface area contributed by atoms with Crippen LogP contribution in [0.3, 0.4) is 0 Å². The maximum Gasteiger partial charge on any atom is 0.196 e. The summed E-state index contributed by atoms with van der Waals surface area (Å²) in [6.07, 6.45) is 0. The van der Waals surface area contributed by atoms with E-state index in [0.29, 0.717) is 33.1 Å². The quantitative estimate of drug-likeness (QED) is 0.286. The average Bonchev–Trinajstić information content (AvgIpc) is 3.22. The van der Waals surface area contributed by atoms with E-state index in [4.69, 9.17) is 32.7 Å². The minimum absolute atomic E-state index is 0.565. The molecule has 0 saturated heterocycles. The van der Waals surface area contributed by atoms with Gasteiger partial charge >= 0.3 is 0 Å². The Kier molecular flexibility index (Phi) is 6.70. The van der Waals surface area contributed by atoms with Crippen LogP contribution in [0.1, 0.15) is 5.56 Å². The Morgan fingerprint density at radius 3 is 2.23 bits per heavy atom. The maximum absolute atomic E-state index is 6.35. The molecule has 158 valence electrons. The van der Waals surface area contributed by atoms with Crippen molar-refractivity contribution >= 4 is 35.0 Å². The Bertz CT molecular complexity index is 1180. The number of hydrogen-bond donors (Lipinski definition) is 0. The molecule has 0 saturated carbocycles. The summed E-state index contributed by atoms with van der Waals surface area (Å²) in [7, 11) is 3.22. The molecule has 1 aromatic heterocycles. The third kappa shape index (κ3) is 4.51. The Morgan fingerprint density at radius 1 is 0.839 bits per heavy atom. The van der Waals surface area contributed by atoms with E-state index in [9.17, 15) is 0 Å². The van der Waals surface area contributed by atoms with Crippen LogP contribution < -0.4 is 9.47 Å². The number of aromatic nitrogens is 3. The number of para-hydroxylation sites is 1. The van der Waals surface area contributed by atoms with Crippen molar-refractivity contribution in [2.24, 2.45) is 0 Å². The van der Waals surface area contributed by atoms with Gasteiger partial charge in [0.15, 0.2) is 22.5 Å². The predicted molar refractivity (Wildman–Crippen MR) is 126 cm³/mol. The van der Waals surface area contributed by atoms with Crippen LogP contribution in [0, 0.1) is 0 Å². The minimum Gasteiger partial charge on any atom is -0.493 e. The van der Waals surface area contributed by atoms with Gasteiger partial charge in [-0.15, -0.1) is 10.2 Å². The second kappa shape index (κ2) is 9.64. The number of thioether (sulfide) groups is 1. The molecule has 0 aliphatic rings. The molecule has 4 aromatic rings. The second-order valence-electron chi connectivity index (χ2n) is 6.54. The summed E-state index contributed by atoms with van der Waals surface area (Å²) in [4.78, 5) is 0. The summed E-state index contributed by atoms with van der Waals surface area (Å²) in [6.45, 7) is 0. The number of methoxy groups -OCH3 is 2. The van der Waals surface area contributed by atoms with E-state index >= 15 is 0 Å². The van der Waals surface area contributed by atoms with Crippen molar-refractivity contribution in [3.05, 3.63) is 82.3 Å². The van der Waals surface area contributed by atoms with Crippen LogP contribution in [0.25, 0.3) is 17.1 Å². The topological polar surface area (TPSA) is 49.2 Å². The van der Waals surface area contributed by atoms with Crippen molar-refractivity contribution in [2.45, 2.75) is 10.9 Å². The number of ether oxygens (including phenoxy) is 2. The van der Waals surface area contributed by atoms with E-state index in [1.165, 1.54) is 11.8 Å². The normalized spacial score (nSPS) is 10.8. The summed E-state index contributed by atoms with van der Waals surface area (Å²) >= 11 is 14.2. The number of halogens is 2. The lowest BCUT2D eigenvalue weighted by Gasteiger charge is -2.13. The van der Waals surface area contributed by atoms with Crippen molar-refractivity contribution in [3.8, 4) is 28.6 Å². The average molecular weight is 472 g/mol. The molecule has 0 amide bonds. The van der Waals surface area contributed by atoms with E-state index in [2.05, 4.69) is 10.2 Å².